The van der Waals surface area contributed by atoms with E-state index in [0.717, 1.165) is 13.3 Å². The molecule has 1 aromatic rings. The van der Waals surface area contributed by atoms with Crippen molar-refractivity contribution >= 4 is 0 Å². The SMILES string of the molecule is COc1cn[nH]c(=O)c1C(F)(F)F. The molecule has 72 valence electrons. The van der Waals surface area contributed by atoms with Gasteiger partial charge in [-0.05, 0) is 0 Å². The zero-order valence-electron chi connectivity index (χ0n) is 6.47. The predicted octanol–water partition coefficient (Wildman–Crippen LogP) is 0.797. The second-order valence-electron chi connectivity index (χ2n) is 2.14. The number of halogens is 3. The van der Waals surface area contributed by atoms with Gasteiger partial charge in [0.05, 0.1) is 13.3 Å². The lowest BCUT2D eigenvalue weighted by atomic mass is 10.3. The second kappa shape index (κ2) is 3.08. The Morgan fingerprint density at radius 1 is 1.54 bits per heavy atom. The largest absolute Gasteiger partial charge is 0.494 e. The highest BCUT2D eigenvalue weighted by Crippen LogP contribution is 2.32. The van der Waals surface area contributed by atoms with Crippen LogP contribution in [0, 0.1) is 0 Å². The van der Waals surface area contributed by atoms with E-state index in [1.54, 1.807) is 5.10 Å². The number of aromatic nitrogens is 2. The Morgan fingerprint density at radius 2 is 2.15 bits per heavy atom. The van der Waals surface area contributed by atoms with Crippen LogP contribution in [0.25, 0.3) is 0 Å². The van der Waals surface area contributed by atoms with Crippen LogP contribution in [0.1, 0.15) is 5.56 Å². The first-order chi connectivity index (χ1) is 5.96. The van der Waals surface area contributed by atoms with E-state index in [0.29, 0.717) is 0 Å². The van der Waals surface area contributed by atoms with Crippen molar-refractivity contribution in [2.45, 2.75) is 6.18 Å². The van der Waals surface area contributed by atoms with E-state index in [-0.39, 0.29) is 0 Å². The second-order valence-corrected chi connectivity index (χ2v) is 2.14. The quantitative estimate of drug-likeness (QED) is 0.719. The van der Waals surface area contributed by atoms with Crippen LogP contribution in [0.5, 0.6) is 5.75 Å². The number of hydrogen-bond acceptors (Lipinski definition) is 3. The normalized spacial score (nSPS) is 11.4. The molecule has 13 heavy (non-hydrogen) atoms. The van der Waals surface area contributed by atoms with E-state index < -0.39 is 23.0 Å². The van der Waals surface area contributed by atoms with Gasteiger partial charge in [-0.15, -0.1) is 0 Å². The van der Waals surface area contributed by atoms with Crippen molar-refractivity contribution in [3.63, 3.8) is 0 Å². The van der Waals surface area contributed by atoms with Gasteiger partial charge in [0.1, 0.15) is 0 Å². The standard InChI is InChI=1S/C6H5F3N2O2/c1-13-3-2-10-11-5(12)4(3)6(7,8)9/h2H,1H3,(H,11,12). The number of alkyl halides is 3. The number of hydrogen-bond donors (Lipinski definition) is 1. The summed E-state index contributed by atoms with van der Waals surface area (Å²) >= 11 is 0. The Balaban J connectivity index is 3.41. The van der Waals surface area contributed by atoms with Crippen LogP contribution < -0.4 is 10.3 Å². The van der Waals surface area contributed by atoms with E-state index in [1.165, 1.54) is 0 Å². The molecule has 0 fully saturated rings. The summed E-state index contributed by atoms with van der Waals surface area (Å²) in [5, 5.41) is 4.84. The van der Waals surface area contributed by atoms with Gasteiger partial charge < -0.3 is 4.74 Å². The number of nitrogens with zero attached hydrogens (tertiary/aromatic N) is 1. The third kappa shape index (κ3) is 1.79. The number of ether oxygens (including phenoxy) is 1. The first-order valence-corrected chi connectivity index (χ1v) is 3.15. The summed E-state index contributed by atoms with van der Waals surface area (Å²) in [6.45, 7) is 0. The molecule has 0 saturated carbocycles. The number of H-pyrrole nitrogens is 1. The lowest BCUT2D eigenvalue weighted by molar-refractivity contribution is -0.140. The van der Waals surface area contributed by atoms with Crippen LogP contribution in [0.3, 0.4) is 0 Å². The molecule has 0 atom stereocenters. The molecule has 0 saturated heterocycles. The van der Waals surface area contributed by atoms with Gasteiger partial charge >= 0.3 is 6.18 Å². The highest BCUT2D eigenvalue weighted by molar-refractivity contribution is 5.30. The van der Waals surface area contributed by atoms with Crippen LogP contribution in [0.15, 0.2) is 11.0 Å². The van der Waals surface area contributed by atoms with Gasteiger partial charge in [-0.2, -0.15) is 18.3 Å². The van der Waals surface area contributed by atoms with Gasteiger partial charge in [0.2, 0.25) is 0 Å². The van der Waals surface area contributed by atoms with Crippen molar-refractivity contribution in [2.75, 3.05) is 7.11 Å². The molecule has 0 aromatic carbocycles. The first kappa shape index (κ1) is 9.56. The van der Waals surface area contributed by atoms with Gasteiger partial charge in [-0.1, -0.05) is 0 Å². The summed E-state index contributed by atoms with van der Waals surface area (Å²) in [6, 6.07) is 0. The zero-order valence-corrected chi connectivity index (χ0v) is 6.47. The Labute approximate surface area is 70.3 Å². The molecule has 1 N–H and O–H groups in total. The molecule has 1 aromatic heterocycles. The number of aromatic amines is 1. The van der Waals surface area contributed by atoms with Gasteiger partial charge in [0, 0.05) is 0 Å². The summed E-state index contributed by atoms with van der Waals surface area (Å²) in [4.78, 5) is 10.7. The molecule has 0 aliphatic heterocycles. The monoisotopic (exact) mass is 194 g/mol. The highest BCUT2D eigenvalue weighted by atomic mass is 19.4. The fourth-order valence-corrected chi connectivity index (χ4v) is 0.805. The molecule has 0 radical (unpaired) electrons. The van der Waals surface area contributed by atoms with E-state index in [1.807, 2.05) is 0 Å². The fourth-order valence-electron chi connectivity index (χ4n) is 0.805. The first-order valence-electron chi connectivity index (χ1n) is 3.15. The molecule has 4 nitrogen and oxygen atoms in total. The molecule has 0 aliphatic rings. The summed E-state index contributed by atoms with van der Waals surface area (Å²) in [7, 11) is 1.03. The van der Waals surface area contributed by atoms with Crippen LogP contribution >= 0.6 is 0 Å². The maximum absolute atomic E-state index is 12.2. The Bertz CT molecular complexity index is 358. The molecule has 0 unspecified atom stereocenters. The van der Waals surface area contributed by atoms with Crippen LogP contribution in [-0.2, 0) is 6.18 Å². The fraction of sp³-hybridized carbons (Fsp3) is 0.333. The number of methoxy groups -OCH3 is 1. The Kier molecular flexibility index (Phi) is 2.26. The predicted molar refractivity (Wildman–Crippen MR) is 36.4 cm³/mol. The third-order valence-corrected chi connectivity index (χ3v) is 1.32. The number of nitrogens with one attached hydrogen (secondary N) is 1. The molecule has 7 heteroatoms. The van der Waals surface area contributed by atoms with Gasteiger partial charge in [-0.25, -0.2) is 5.10 Å². The highest BCUT2D eigenvalue weighted by Gasteiger charge is 2.37. The minimum absolute atomic E-state index is 0.587. The van der Waals surface area contributed by atoms with Gasteiger partial charge in [0.15, 0.2) is 11.3 Å². The maximum Gasteiger partial charge on any atom is 0.425 e. The molecule has 1 rings (SSSR count). The van der Waals surface area contributed by atoms with Gasteiger partial charge in [0.25, 0.3) is 5.56 Å². The van der Waals surface area contributed by atoms with Crippen LogP contribution in [-0.4, -0.2) is 17.3 Å². The molecular weight excluding hydrogens is 189 g/mol. The minimum atomic E-state index is -4.73. The van der Waals surface area contributed by atoms with E-state index in [2.05, 4.69) is 9.84 Å². The van der Waals surface area contributed by atoms with Crippen molar-refractivity contribution in [2.24, 2.45) is 0 Å². The third-order valence-electron chi connectivity index (χ3n) is 1.32. The summed E-state index contributed by atoms with van der Waals surface area (Å²) in [5.41, 5.74) is -2.68. The van der Waals surface area contributed by atoms with Gasteiger partial charge in [-0.3, -0.25) is 4.79 Å². The Morgan fingerprint density at radius 3 is 2.54 bits per heavy atom. The average molecular weight is 194 g/mol. The van der Waals surface area contributed by atoms with Crippen LogP contribution in [0.2, 0.25) is 0 Å². The average Bonchev–Trinajstić information content (AvgIpc) is 2.01. The molecular formula is C6H5F3N2O2. The van der Waals surface area contributed by atoms with Crippen LogP contribution in [0.4, 0.5) is 13.2 Å². The maximum atomic E-state index is 12.2. The van der Waals surface area contributed by atoms with E-state index in [9.17, 15) is 18.0 Å². The lowest BCUT2D eigenvalue weighted by Crippen LogP contribution is -2.23. The topological polar surface area (TPSA) is 55.0 Å². The molecule has 0 bridgehead atoms. The summed E-state index contributed by atoms with van der Waals surface area (Å²) in [5.74, 6) is -0.587. The minimum Gasteiger partial charge on any atom is -0.494 e. The molecule has 0 spiro atoms. The van der Waals surface area contributed by atoms with Crippen molar-refractivity contribution in [3.8, 4) is 5.75 Å². The van der Waals surface area contributed by atoms with E-state index in [4.69, 9.17) is 0 Å². The van der Waals surface area contributed by atoms with Crippen molar-refractivity contribution < 1.29 is 17.9 Å². The zero-order chi connectivity index (χ0) is 10.1. The molecule has 1 heterocycles. The molecule has 0 aliphatic carbocycles. The molecule has 0 amide bonds. The Hall–Kier alpha value is -1.53. The van der Waals surface area contributed by atoms with E-state index >= 15 is 0 Å². The van der Waals surface area contributed by atoms with Crippen molar-refractivity contribution in [1.82, 2.24) is 10.2 Å². The van der Waals surface area contributed by atoms with Crippen molar-refractivity contribution in [1.29, 1.82) is 0 Å². The number of rotatable bonds is 1. The lowest BCUT2D eigenvalue weighted by Gasteiger charge is -2.08. The summed E-state index contributed by atoms with van der Waals surface area (Å²) < 4.78 is 40.9. The van der Waals surface area contributed by atoms with Crippen molar-refractivity contribution in [3.05, 3.63) is 22.1 Å². The summed E-state index contributed by atoms with van der Waals surface area (Å²) in [6.07, 6.45) is -3.94. The smallest absolute Gasteiger partial charge is 0.425 e.